The molecular weight excluding hydrogens is 171 g/mol. The zero-order valence-corrected chi connectivity index (χ0v) is 8.08. The molecule has 0 aromatic heterocycles. The highest BCUT2D eigenvalue weighted by Gasteiger charge is 2.31. The van der Waals surface area contributed by atoms with Crippen molar-refractivity contribution < 1.29 is 5.11 Å². The Morgan fingerprint density at radius 2 is 1.90 bits per heavy atom. The van der Waals surface area contributed by atoms with E-state index in [-0.39, 0.29) is 11.8 Å². The largest absolute Gasteiger partial charge is 0.391 e. The Morgan fingerprint density at radius 3 is 2.00 bits per heavy atom. The lowest BCUT2D eigenvalue weighted by Gasteiger charge is -2.28. The Hall–Kier alpha value is 0.540. The molecule has 0 radical (unpaired) electrons. The number of hydrogen-bond donors (Lipinski definition) is 1. The summed E-state index contributed by atoms with van der Waals surface area (Å²) in [6, 6.07) is 0. The van der Waals surface area contributed by atoms with Gasteiger partial charge >= 0.3 is 0 Å². The van der Waals surface area contributed by atoms with E-state index in [9.17, 15) is 5.11 Å². The molecule has 0 fully saturated rings. The number of halogens is 2. The predicted molar refractivity (Wildman–Crippen MR) is 45.8 cm³/mol. The molecule has 1 N–H and O–H groups in total. The third-order valence-electron chi connectivity index (χ3n) is 1.51. The fourth-order valence-corrected chi connectivity index (χ4v) is 1.18. The molecule has 0 amide bonds. The predicted octanol–water partition coefficient (Wildman–Crippen LogP) is 2.24. The van der Waals surface area contributed by atoms with E-state index in [0.717, 1.165) is 0 Å². The van der Waals surface area contributed by atoms with Gasteiger partial charge in [-0.2, -0.15) is 0 Å². The number of aliphatic hydroxyl groups excluding tert-OH is 1. The lowest BCUT2D eigenvalue weighted by Crippen LogP contribution is -2.39. The van der Waals surface area contributed by atoms with Crippen LogP contribution in [0.2, 0.25) is 0 Å². The molecule has 0 aliphatic heterocycles. The first-order valence-corrected chi connectivity index (χ1v) is 4.26. The molecule has 0 aromatic carbocycles. The van der Waals surface area contributed by atoms with Crippen molar-refractivity contribution in [1.82, 2.24) is 0 Å². The Morgan fingerprint density at radius 1 is 1.50 bits per heavy atom. The third-order valence-corrected chi connectivity index (χ3v) is 2.56. The van der Waals surface area contributed by atoms with Gasteiger partial charge in [0.2, 0.25) is 0 Å². The van der Waals surface area contributed by atoms with Crippen LogP contribution in [0.5, 0.6) is 0 Å². The van der Waals surface area contributed by atoms with E-state index in [1.807, 2.05) is 13.8 Å². The second-order valence-electron chi connectivity index (χ2n) is 3.10. The maximum Gasteiger partial charge on any atom is 0.0813 e. The molecule has 0 spiro atoms. The fourth-order valence-electron chi connectivity index (χ4n) is 0.774. The Kier molecular flexibility index (Phi) is 4.00. The first-order valence-electron chi connectivity index (χ1n) is 3.34. The van der Waals surface area contributed by atoms with E-state index in [1.165, 1.54) is 0 Å². The lowest BCUT2D eigenvalue weighted by molar-refractivity contribution is 0.0939. The van der Waals surface area contributed by atoms with Gasteiger partial charge in [0, 0.05) is 5.88 Å². The van der Waals surface area contributed by atoms with Crippen molar-refractivity contribution in [3.63, 3.8) is 0 Å². The van der Waals surface area contributed by atoms with Crippen LogP contribution in [0, 0.1) is 5.92 Å². The molecule has 2 atom stereocenters. The van der Waals surface area contributed by atoms with Gasteiger partial charge in [0.25, 0.3) is 0 Å². The number of alkyl halides is 2. The smallest absolute Gasteiger partial charge is 0.0813 e. The van der Waals surface area contributed by atoms with Crippen molar-refractivity contribution in [2.24, 2.45) is 5.92 Å². The molecule has 62 valence electrons. The summed E-state index contributed by atoms with van der Waals surface area (Å²) >= 11 is 11.4. The van der Waals surface area contributed by atoms with E-state index >= 15 is 0 Å². The minimum atomic E-state index is -0.685. The standard InChI is InChI=1S/C7H14Cl2O/c1-5(2)6(10)7(3,9)4-8/h5-6,10H,4H2,1-3H3. The zero-order valence-electron chi connectivity index (χ0n) is 6.56. The maximum atomic E-state index is 9.44. The Labute approximate surface area is 72.3 Å². The van der Waals surface area contributed by atoms with E-state index in [1.54, 1.807) is 6.92 Å². The second kappa shape index (κ2) is 3.80. The van der Waals surface area contributed by atoms with Gasteiger partial charge < -0.3 is 5.11 Å². The monoisotopic (exact) mass is 184 g/mol. The van der Waals surface area contributed by atoms with Crippen LogP contribution in [-0.4, -0.2) is 22.0 Å². The summed E-state index contributed by atoms with van der Waals surface area (Å²) in [5.41, 5.74) is 0. The first kappa shape index (κ1) is 10.5. The van der Waals surface area contributed by atoms with Crippen LogP contribution in [0.4, 0.5) is 0 Å². The van der Waals surface area contributed by atoms with Gasteiger partial charge in [-0.15, -0.1) is 23.2 Å². The molecule has 10 heavy (non-hydrogen) atoms. The van der Waals surface area contributed by atoms with Crippen molar-refractivity contribution in [3.8, 4) is 0 Å². The molecule has 0 saturated heterocycles. The van der Waals surface area contributed by atoms with Gasteiger partial charge in [0.1, 0.15) is 0 Å². The van der Waals surface area contributed by atoms with Crippen LogP contribution in [0.15, 0.2) is 0 Å². The van der Waals surface area contributed by atoms with Crippen LogP contribution in [0.1, 0.15) is 20.8 Å². The van der Waals surface area contributed by atoms with Crippen molar-refractivity contribution in [3.05, 3.63) is 0 Å². The van der Waals surface area contributed by atoms with E-state index < -0.39 is 11.0 Å². The highest BCUT2D eigenvalue weighted by atomic mass is 35.5. The summed E-state index contributed by atoms with van der Waals surface area (Å²) in [4.78, 5) is -0.685. The van der Waals surface area contributed by atoms with Crippen LogP contribution < -0.4 is 0 Å². The third kappa shape index (κ3) is 2.65. The normalized spacial score (nSPS) is 20.7. The minimum Gasteiger partial charge on any atom is -0.391 e. The van der Waals surface area contributed by atoms with Gasteiger partial charge in [-0.25, -0.2) is 0 Å². The van der Waals surface area contributed by atoms with Gasteiger partial charge in [0.15, 0.2) is 0 Å². The van der Waals surface area contributed by atoms with E-state index in [2.05, 4.69) is 0 Å². The molecule has 2 unspecified atom stereocenters. The van der Waals surface area contributed by atoms with Crippen molar-refractivity contribution >= 4 is 23.2 Å². The van der Waals surface area contributed by atoms with Gasteiger partial charge in [-0.3, -0.25) is 0 Å². The number of aliphatic hydroxyl groups is 1. The van der Waals surface area contributed by atoms with Crippen LogP contribution in [-0.2, 0) is 0 Å². The Balaban J connectivity index is 4.03. The van der Waals surface area contributed by atoms with E-state index in [0.29, 0.717) is 0 Å². The molecule has 1 nitrogen and oxygen atoms in total. The van der Waals surface area contributed by atoms with Crippen LogP contribution in [0.25, 0.3) is 0 Å². The maximum absolute atomic E-state index is 9.44. The molecule has 0 heterocycles. The molecule has 0 rings (SSSR count). The first-order chi connectivity index (χ1) is 4.41. The molecule has 0 aromatic rings. The molecule has 0 bridgehead atoms. The zero-order chi connectivity index (χ0) is 8.36. The number of hydrogen-bond acceptors (Lipinski definition) is 1. The average Bonchev–Trinajstić information content (AvgIpc) is 1.86. The fraction of sp³-hybridized carbons (Fsp3) is 1.00. The van der Waals surface area contributed by atoms with Gasteiger partial charge in [0.05, 0.1) is 11.0 Å². The van der Waals surface area contributed by atoms with Gasteiger partial charge in [-0.1, -0.05) is 13.8 Å². The summed E-state index contributed by atoms with van der Waals surface area (Å²) in [5, 5.41) is 9.44. The summed E-state index contributed by atoms with van der Waals surface area (Å²) in [6.07, 6.45) is -0.535. The molecular formula is C7H14Cl2O. The number of rotatable bonds is 3. The van der Waals surface area contributed by atoms with E-state index in [4.69, 9.17) is 23.2 Å². The van der Waals surface area contributed by atoms with Crippen molar-refractivity contribution in [2.75, 3.05) is 5.88 Å². The summed E-state index contributed by atoms with van der Waals surface area (Å²) in [7, 11) is 0. The Bertz CT molecular complexity index is 102. The SMILES string of the molecule is CC(C)C(O)C(C)(Cl)CCl. The molecule has 0 aliphatic rings. The van der Waals surface area contributed by atoms with Crippen LogP contribution >= 0.6 is 23.2 Å². The van der Waals surface area contributed by atoms with Gasteiger partial charge in [-0.05, 0) is 12.8 Å². The quantitative estimate of drug-likeness (QED) is 0.668. The molecule has 3 heteroatoms. The minimum absolute atomic E-state index is 0.154. The summed E-state index contributed by atoms with van der Waals surface area (Å²) < 4.78 is 0. The highest BCUT2D eigenvalue weighted by molar-refractivity contribution is 6.30. The molecule has 0 aliphatic carbocycles. The summed E-state index contributed by atoms with van der Waals surface area (Å²) in [5.74, 6) is 0.426. The second-order valence-corrected chi connectivity index (χ2v) is 4.23. The highest BCUT2D eigenvalue weighted by Crippen LogP contribution is 2.25. The topological polar surface area (TPSA) is 20.2 Å². The van der Waals surface area contributed by atoms with Crippen LogP contribution in [0.3, 0.4) is 0 Å². The van der Waals surface area contributed by atoms with Crippen molar-refractivity contribution in [1.29, 1.82) is 0 Å². The average molecular weight is 185 g/mol. The van der Waals surface area contributed by atoms with Crippen molar-refractivity contribution in [2.45, 2.75) is 31.7 Å². The molecule has 0 saturated carbocycles. The lowest BCUT2D eigenvalue weighted by atomic mass is 9.96. The summed E-state index contributed by atoms with van der Waals surface area (Å²) in [6.45, 7) is 5.57.